The maximum atomic E-state index is 11.6. The molecule has 1 aliphatic rings. The highest BCUT2D eigenvalue weighted by Gasteiger charge is 2.32. The van der Waals surface area contributed by atoms with Crippen LogP contribution in [0.15, 0.2) is 12.1 Å². The molecule has 2 heterocycles. The fourth-order valence-corrected chi connectivity index (χ4v) is 2.18. The van der Waals surface area contributed by atoms with Gasteiger partial charge in [0.25, 0.3) is 0 Å². The summed E-state index contributed by atoms with van der Waals surface area (Å²) < 4.78 is 5.46. The second-order valence-electron chi connectivity index (χ2n) is 5.31. The molecule has 1 aromatic heterocycles. The van der Waals surface area contributed by atoms with Crippen LogP contribution in [0, 0.1) is 0 Å². The molecule has 19 heavy (non-hydrogen) atoms. The molecule has 0 atom stereocenters. The third-order valence-electron chi connectivity index (χ3n) is 3.18. The van der Waals surface area contributed by atoms with E-state index >= 15 is 0 Å². The lowest BCUT2D eigenvalue weighted by Crippen LogP contribution is -2.33. The van der Waals surface area contributed by atoms with Crippen LogP contribution in [0.5, 0.6) is 5.88 Å². The fourth-order valence-electron chi connectivity index (χ4n) is 2.18. The minimum atomic E-state index is -0.208. The van der Waals surface area contributed by atoms with Crippen molar-refractivity contribution in [1.82, 2.24) is 4.98 Å². The van der Waals surface area contributed by atoms with E-state index in [9.17, 15) is 9.59 Å². The zero-order valence-corrected chi connectivity index (χ0v) is 11.2. The first-order chi connectivity index (χ1) is 9.03. The number of hydrogen-bond acceptors (Lipinski definition) is 4. The van der Waals surface area contributed by atoms with Crippen LogP contribution in [0.25, 0.3) is 0 Å². The van der Waals surface area contributed by atoms with Gasteiger partial charge in [-0.25, -0.2) is 0 Å². The summed E-state index contributed by atoms with van der Waals surface area (Å²) >= 11 is 0. The van der Waals surface area contributed by atoms with E-state index in [1.54, 1.807) is 6.07 Å². The lowest BCUT2D eigenvalue weighted by molar-refractivity contribution is -0.117. The molecule has 0 saturated heterocycles. The number of amides is 1. The van der Waals surface area contributed by atoms with Crippen LogP contribution in [0.3, 0.4) is 0 Å². The molecule has 0 unspecified atom stereocenters. The monoisotopic (exact) mass is 262 g/mol. The molecular weight excluding hydrogens is 244 g/mol. The van der Waals surface area contributed by atoms with Gasteiger partial charge in [-0.2, -0.15) is 4.98 Å². The molecule has 2 rings (SSSR count). The van der Waals surface area contributed by atoms with Gasteiger partial charge in [-0.1, -0.05) is 13.8 Å². The maximum absolute atomic E-state index is 11.6. The highest BCUT2D eigenvalue weighted by atomic mass is 16.5. The van der Waals surface area contributed by atoms with Crippen LogP contribution in [0.2, 0.25) is 0 Å². The number of aldehydes is 1. The summed E-state index contributed by atoms with van der Waals surface area (Å²) in [6.07, 6.45) is 2.47. The van der Waals surface area contributed by atoms with Crippen molar-refractivity contribution in [2.75, 3.05) is 11.9 Å². The van der Waals surface area contributed by atoms with Crippen molar-refractivity contribution >= 4 is 18.0 Å². The molecule has 102 valence electrons. The van der Waals surface area contributed by atoms with E-state index in [-0.39, 0.29) is 11.3 Å². The molecule has 1 amide bonds. The molecule has 1 aromatic rings. The van der Waals surface area contributed by atoms with E-state index in [0.29, 0.717) is 37.6 Å². The summed E-state index contributed by atoms with van der Waals surface area (Å²) in [6.45, 7) is 4.50. The number of pyridine rings is 1. The van der Waals surface area contributed by atoms with Gasteiger partial charge in [0.2, 0.25) is 11.8 Å². The Hall–Kier alpha value is -1.91. The quantitative estimate of drug-likeness (QED) is 0.651. The number of rotatable bonds is 5. The number of fused-ring (bicyclic) bond motifs is 1. The van der Waals surface area contributed by atoms with Gasteiger partial charge >= 0.3 is 0 Å². The number of carbonyl (C=O) groups excluding carboxylic acids is 2. The Labute approximate surface area is 112 Å². The number of unbranched alkanes of at least 4 members (excludes halogenated alkanes) is 1. The molecule has 1 aliphatic heterocycles. The first-order valence-electron chi connectivity index (χ1n) is 6.41. The average Bonchev–Trinajstić information content (AvgIpc) is 2.33. The zero-order valence-electron chi connectivity index (χ0n) is 11.2. The minimum Gasteiger partial charge on any atom is -0.478 e. The topological polar surface area (TPSA) is 68.3 Å². The molecule has 5 heteroatoms. The van der Waals surface area contributed by atoms with E-state index < -0.39 is 0 Å². The highest BCUT2D eigenvalue weighted by molar-refractivity contribution is 5.94. The number of anilines is 1. The number of nitrogens with zero attached hydrogens (tertiary/aromatic N) is 1. The van der Waals surface area contributed by atoms with Crippen molar-refractivity contribution in [2.24, 2.45) is 0 Å². The summed E-state index contributed by atoms with van der Waals surface area (Å²) in [6, 6.07) is 3.75. The molecule has 0 bridgehead atoms. The summed E-state index contributed by atoms with van der Waals surface area (Å²) in [5.74, 6) is 1.03. The van der Waals surface area contributed by atoms with Crippen molar-refractivity contribution in [3.8, 4) is 5.88 Å². The molecule has 0 spiro atoms. The maximum Gasteiger partial charge on any atom is 0.226 e. The smallest absolute Gasteiger partial charge is 0.226 e. The Morgan fingerprint density at radius 2 is 2.26 bits per heavy atom. The Morgan fingerprint density at radius 1 is 1.47 bits per heavy atom. The number of nitrogens with one attached hydrogen (secondary N) is 1. The first-order valence-corrected chi connectivity index (χ1v) is 6.41. The molecule has 0 aliphatic carbocycles. The fraction of sp³-hybridized carbons (Fsp3) is 0.500. The van der Waals surface area contributed by atoms with Crippen molar-refractivity contribution in [1.29, 1.82) is 0 Å². The van der Waals surface area contributed by atoms with Crippen molar-refractivity contribution in [2.45, 2.75) is 38.5 Å². The Morgan fingerprint density at radius 3 is 3.00 bits per heavy atom. The number of ether oxygens (including phenoxy) is 1. The second-order valence-corrected chi connectivity index (χ2v) is 5.31. The van der Waals surface area contributed by atoms with E-state index in [1.165, 1.54) is 0 Å². The van der Waals surface area contributed by atoms with E-state index in [1.807, 2.05) is 19.9 Å². The van der Waals surface area contributed by atoms with Gasteiger partial charge in [0, 0.05) is 29.9 Å². The standard InChI is InChI=1S/C14H18N2O3/c1-14(2)9-11(18)15-13-10(14)5-6-12(16-13)19-8-4-3-7-17/h5-7H,3-4,8-9H2,1-2H3,(H,15,16,18). The Balaban J connectivity index is 2.12. The summed E-state index contributed by atoms with van der Waals surface area (Å²) in [5, 5.41) is 2.77. The van der Waals surface area contributed by atoms with Crippen LogP contribution in [0.1, 0.15) is 38.7 Å². The first kappa shape index (κ1) is 13.5. The molecule has 0 radical (unpaired) electrons. The predicted molar refractivity (Wildman–Crippen MR) is 71.3 cm³/mol. The zero-order chi connectivity index (χ0) is 13.9. The third-order valence-corrected chi connectivity index (χ3v) is 3.18. The lowest BCUT2D eigenvalue weighted by atomic mass is 9.79. The number of hydrogen-bond donors (Lipinski definition) is 1. The van der Waals surface area contributed by atoms with Crippen molar-refractivity contribution in [3.63, 3.8) is 0 Å². The van der Waals surface area contributed by atoms with Gasteiger partial charge < -0.3 is 14.8 Å². The average molecular weight is 262 g/mol. The molecular formula is C14H18N2O3. The van der Waals surface area contributed by atoms with Gasteiger partial charge in [-0.15, -0.1) is 0 Å². The van der Waals surface area contributed by atoms with Gasteiger partial charge in [0.1, 0.15) is 12.1 Å². The van der Waals surface area contributed by atoms with Crippen LogP contribution in [0.4, 0.5) is 5.82 Å². The van der Waals surface area contributed by atoms with E-state index in [2.05, 4.69) is 10.3 Å². The number of carbonyl (C=O) groups is 2. The molecule has 5 nitrogen and oxygen atoms in total. The summed E-state index contributed by atoms with van der Waals surface area (Å²) in [7, 11) is 0. The van der Waals surface area contributed by atoms with Gasteiger partial charge in [0.05, 0.1) is 6.61 Å². The van der Waals surface area contributed by atoms with Gasteiger partial charge in [-0.05, 0) is 12.5 Å². The molecule has 0 fully saturated rings. The van der Waals surface area contributed by atoms with Crippen molar-refractivity contribution in [3.05, 3.63) is 17.7 Å². The van der Waals surface area contributed by atoms with Gasteiger partial charge in [-0.3, -0.25) is 4.79 Å². The second kappa shape index (κ2) is 5.38. The molecule has 1 N–H and O–H groups in total. The van der Waals surface area contributed by atoms with Crippen LogP contribution < -0.4 is 10.1 Å². The van der Waals surface area contributed by atoms with Crippen molar-refractivity contribution < 1.29 is 14.3 Å². The van der Waals surface area contributed by atoms with Crippen LogP contribution >= 0.6 is 0 Å². The highest BCUT2D eigenvalue weighted by Crippen LogP contribution is 2.36. The van der Waals surface area contributed by atoms with E-state index in [4.69, 9.17) is 4.74 Å². The van der Waals surface area contributed by atoms with Gasteiger partial charge in [0.15, 0.2) is 0 Å². The summed E-state index contributed by atoms with van der Waals surface area (Å²) in [4.78, 5) is 26.1. The normalized spacial score (nSPS) is 16.4. The lowest BCUT2D eigenvalue weighted by Gasteiger charge is -2.31. The van der Waals surface area contributed by atoms with Crippen LogP contribution in [-0.4, -0.2) is 23.8 Å². The third kappa shape index (κ3) is 3.10. The van der Waals surface area contributed by atoms with Crippen LogP contribution in [-0.2, 0) is 15.0 Å². The minimum absolute atomic E-state index is 0.0249. The predicted octanol–water partition coefficient (Wildman–Crippen LogP) is 2.06. The van der Waals surface area contributed by atoms with E-state index in [0.717, 1.165) is 11.8 Å². The largest absolute Gasteiger partial charge is 0.478 e. The Bertz CT molecular complexity index is 497. The Kier molecular flexibility index (Phi) is 3.83. The SMILES string of the molecule is CC1(C)CC(=O)Nc2nc(OCCCC=O)ccc21. The number of aromatic nitrogens is 1. The molecule has 0 saturated carbocycles. The molecule has 0 aromatic carbocycles. The summed E-state index contributed by atoms with van der Waals surface area (Å²) in [5.41, 5.74) is 0.813.